The molecule has 2 aromatic rings. The quantitative estimate of drug-likeness (QED) is 0.803. The highest BCUT2D eigenvalue weighted by Gasteiger charge is 2.25. The van der Waals surface area contributed by atoms with Crippen molar-refractivity contribution in [2.24, 2.45) is 5.92 Å². The molecule has 0 aromatic carbocycles. The van der Waals surface area contributed by atoms with E-state index >= 15 is 0 Å². The van der Waals surface area contributed by atoms with Crippen LogP contribution < -0.4 is 10.9 Å². The lowest BCUT2D eigenvalue weighted by Crippen LogP contribution is -2.43. The summed E-state index contributed by atoms with van der Waals surface area (Å²) < 4.78 is 11.6. The number of aromatic nitrogens is 2. The Balaban J connectivity index is 1.86. The van der Waals surface area contributed by atoms with E-state index in [9.17, 15) is 14.4 Å². The minimum Gasteiger partial charge on any atom is -0.462 e. The molecule has 0 bridgehead atoms. The summed E-state index contributed by atoms with van der Waals surface area (Å²) in [5.74, 6) is -0.181. The lowest BCUT2D eigenvalue weighted by atomic mass is 9.86. The molecule has 27 heavy (non-hydrogen) atoms. The third kappa shape index (κ3) is 3.89. The van der Waals surface area contributed by atoms with Crippen LogP contribution in [0.15, 0.2) is 15.5 Å². The van der Waals surface area contributed by atoms with Crippen molar-refractivity contribution in [1.29, 1.82) is 0 Å². The van der Waals surface area contributed by atoms with Crippen LogP contribution in [0.3, 0.4) is 0 Å². The average Bonchev–Trinajstić information content (AvgIpc) is 2.96. The van der Waals surface area contributed by atoms with Crippen LogP contribution in [0.1, 0.15) is 55.6 Å². The summed E-state index contributed by atoms with van der Waals surface area (Å²) in [5, 5.41) is 3.06. The van der Waals surface area contributed by atoms with Crippen LogP contribution in [0.25, 0.3) is 11.1 Å². The maximum Gasteiger partial charge on any atom is 0.342 e. The van der Waals surface area contributed by atoms with Crippen molar-refractivity contribution in [2.45, 2.75) is 59.0 Å². The topological polar surface area (TPSA) is 103 Å². The maximum absolute atomic E-state index is 12.8. The number of nitrogens with one attached hydrogen (secondary N) is 1. The number of hydrogen-bond donors (Lipinski definition) is 1. The first-order valence-corrected chi connectivity index (χ1v) is 9.37. The summed E-state index contributed by atoms with van der Waals surface area (Å²) in [6, 6.07) is 0.130. The first-order valence-electron chi connectivity index (χ1n) is 9.37. The Labute approximate surface area is 156 Å². The summed E-state index contributed by atoms with van der Waals surface area (Å²) in [5.41, 5.74) is -0.357. The van der Waals surface area contributed by atoms with Crippen molar-refractivity contribution in [1.82, 2.24) is 14.9 Å². The minimum atomic E-state index is -0.633. The Morgan fingerprint density at radius 3 is 2.81 bits per heavy atom. The number of esters is 1. The van der Waals surface area contributed by atoms with Gasteiger partial charge >= 0.3 is 5.97 Å². The molecule has 8 nitrogen and oxygen atoms in total. The Hall–Kier alpha value is -2.64. The predicted molar refractivity (Wildman–Crippen MR) is 98.5 cm³/mol. The maximum atomic E-state index is 12.8. The fraction of sp³-hybridized carbons (Fsp3) is 0.579. The van der Waals surface area contributed by atoms with Gasteiger partial charge in [-0.2, -0.15) is 0 Å². The number of aryl methyl sites for hydroxylation is 1. The standard InChI is InChI=1S/C19H25N3O5/c1-4-26-19(25)15-12(3)27-17-16(15)18(24)22(10-20-17)9-14(23)21-13-8-6-5-7-11(13)2/h10-11,13H,4-9H2,1-3H3,(H,21,23)/t11-,13+/m1/s1. The van der Waals surface area contributed by atoms with E-state index < -0.39 is 11.5 Å². The number of hydrogen-bond acceptors (Lipinski definition) is 6. The summed E-state index contributed by atoms with van der Waals surface area (Å²) in [7, 11) is 0. The van der Waals surface area contributed by atoms with Crippen LogP contribution in [0.4, 0.5) is 0 Å². The van der Waals surface area contributed by atoms with Gasteiger partial charge in [0.2, 0.25) is 11.6 Å². The summed E-state index contributed by atoms with van der Waals surface area (Å²) >= 11 is 0. The highest BCUT2D eigenvalue weighted by atomic mass is 16.5. The second kappa shape index (κ2) is 7.94. The van der Waals surface area contributed by atoms with Gasteiger partial charge in [0.25, 0.3) is 5.56 Å². The molecule has 3 rings (SSSR count). The molecule has 2 aromatic heterocycles. The lowest BCUT2D eigenvalue weighted by molar-refractivity contribution is -0.123. The van der Waals surface area contributed by atoms with E-state index in [1.165, 1.54) is 17.3 Å². The fourth-order valence-corrected chi connectivity index (χ4v) is 3.64. The number of rotatable bonds is 5. The SMILES string of the molecule is CCOC(=O)c1c(C)oc2ncn(CC(=O)N[C@H]3CCCC[C@H]3C)c(=O)c12. The second-order valence-electron chi connectivity index (χ2n) is 7.05. The Morgan fingerprint density at radius 1 is 1.37 bits per heavy atom. The van der Waals surface area contributed by atoms with Crippen LogP contribution in [0.2, 0.25) is 0 Å². The van der Waals surface area contributed by atoms with Gasteiger partial charge < -0.3 is 14.5 Å². The monoisotopic (exact) mass is 375 g/mol. The van der Waals surface area contributed by atoms with E-state index in [0.717, 1.165) is 19.3 Å². The number of carbonyl (C=O) groups is 2. The third-order valence-electron chi connectivity index (χ3n) is 5.11. The van der Waals surface area contributed by atoms with Crippen LogP contribution in [-0.4, -0.2) is 34.1 Å². The van der Waals surface area contributed by atoms with Crippen LogP contribution in [0, 0.1) is 12.8 Å². The van der Waals surface area contributed by atoms with E-state index in [2.05, 4.69) is 17.2 Å². The van der Waals surface area contributed by atoms with Gasteiger partial charge in [-0.05, 0) is 32.6 Å². The fourth-order valence-electron chi connectivity index (χ4n) is 3.64. The molecule has 0 aliphatic heterocycles. The van der Waals surface area contributed by atoms with E-state index in [4.69, 9.17) is 9.15 Å². The van der Waals surface area contributed by atoms with E-state index in [1.54, 1.807) is 13.8 Å². The van der Waals surface area contributed by atoms with Crippen molar-refractivity contribution in [3.8, 4) is 0 Å². The zero-order valence-electron chi connectivity index (χ0n) is 15.9. The molecule has 1 aliphatic carbocycles. The number of furan rings is 1. The molecule has 1 saturated carbocycles. The van der Waals surface area contributed by atoms with Crippen molar-refractivity contribution in [3.05, 3.63) is 28.0 Å². The number of nitrogens with zero attached hydrogens (tertiary/aromatic N) is 2. The molecule has 1 N–H and O–H groups in total. The van der Waals surface area contributed by atoms with E-state index in [-0.39, 0.29) is 47.5 Å². The zero-order valence-corrected chi connectivity index (χ0v) is 15.9. The van der Waals surface area contributed by atoms with Crippen molar-refractivity contribution in [3.63, 3.8) is 0 Å². The van der Waals surface area contributed by atoms with Crippen LogP contribution in [-0.2, 0) is 16.1 Å². The van der Waals surface area contributed by atoms with Gasteiger partial charge in [-0.3, -0.25) is 14.2 Å². The Morgan fingerprint density at radius 2 is 2.11 bits per heavy atom. The molecule has 0 unspecified atom stereocenters. The largest absolute Gasteiger partial charge is 0.462 e. The van der Waals surface area contributed by atoms with Gasteiger partial charge in [0.05, 0.1) is 6.61 Å². The molecule has 146 valence electrons. The Kier molecular flexibility index (Phi) is 5.62. The summed E-state index contributed by atoms with van der Waals surface area (Å²) in [6.45, 7) is 5.42. The number of carbonyl (C=O) groups excluding carboxylic acids is 2. The average molecular weight is 375 g/mol. The van der Waals surface area contributed by atoms with Crippen LogP contribution >= 0.6 is 0 Å². The molecule has 1 amide bonds. The van der Waals surface area contributed by atoms with Crippen molar-refractivity contribution >= 4 is 23.0 Å². The first kappa shape index (κ1) is 19.1. The molecule has 1 aliphatic rings. The van der Waals surface area contributed by atoms with Gasteiger partial charge in [0.1, 0.15) is 29.6 Å². The highest BCUT2D eigenvalue weighted by molar-refractivity contribution is 6.03. The third-order valence-corrected chi connectivity index (χ3v) is 5.11. The number of fused-ring (bicyclic) bond motifs is 1. The van der Waals surface area contributed by atoms with Gasteiger partial charge in [0, 0.05) is 6.04 Å². The van der Waals surface area contributed by atoms with Gasteiger partial charge in [-0.15, -0.1) is 0 Å². The number of ether oxygens (including phenoxy) is 1. The zero-order chi connectivity index (χ0) is 19.6. The molecule has 0 saturated heterocycles. The van der Waals surface area contributed by atoms with E-state index in [0.29, 0.717) is 5.92 Å². The van der Waals surface area contributed by atoms with Crippen molar-refractivity contribution < 1.29 is 18.7 Å². The molecule has 8 heteroatoms. The summed E-state index contributed by atoms with van der Waals surface area (Å²) in [4.78, 5) is 41.5. The molecule has 2 atom stereocenters. The molecule has 1 fully saturated rings. The second-order valence-corrected chi connectivity index (χ2v) is 7.05. The molecular weight excluding hydrogens is 350 g/mol. The minimum absolute atomic E-state index is 0.0484. The first-order chi connectivity index (χ1) is 12.9. The van der Waals surface area contributed by atoms with Gasteiger partial charge in [-0.1, -0.05) is 19.8 Å². The molecule has 0 radical (unpaired) electrons. The lowest BCUT2D eigenvalue weighted by Gasteiger charge is -2.29. The molecule has 2 heterocycles. The predicted octanol–water partition coefficient (Wildman–Crippen LogP) is 2.17. The highest BCUT2D eigenvalue weighted by Crippen LogP contribution is 2.24. The Bertz CT molecular complexity index is 914. The van der Waals surface area contributed by atoms with Gasteiger partial charge in [0.15, 0.2) is 0 Å². The van der Waals surface area contributed by atoms with E-state index in [1.807, 2.05) is 0 Å². The summed E-state index contributed by atoms with van der Waals surface area (Å²) in [6.07, 6.45) is 5.60. The molecule has 0 spiro atoms. The molecular formula is C19H25N3O5. The number of amides is 1. The smallest absolute Gasteiger partial charge is 0.342 e. The van der Waals surface area contributed by atoms with Gasteiger partial charge in [-0.25, -0.2) is 9.78 Å². The normalized spacial score (nSPS) is 19.8. The van der Waals surface area contributed by atoms with Crippen LogP contribution in [0.5, 0.6) is 0 Å². The van der Waals surface area contributed by atoms with Crippen molar-refractivity contribution in [2.75, 3.05) is 6.61 Å².